The van der Waals surface area contributed by atoms with Gasteiger partial charge in [-0.05, 0) is 0 Å². The molecule has 0 unspecified atom stereocenters. The van der Waals surface area contributed by atoms with Gasteiger partial charge in [0.05, 0.1) is 0 Å². The first-order valence-electron chi connectivity index (χ1n) is 3.60. The Morgan fingerprint density at radius 1 is 0.929 bits per heavy atom. The van der Waals surface area contributed by atoms with E-state index in [2.05, 4.69) is 0 Å². The molecule has 0 saturated heterocycles. The van der Waals surface area contributed by atoms with E-state index in [1.54, 1.807) is 0 Å². The lowest BCUT2D eigenvalue weighted by Crippen LogP contribution is -2.20. The molecule has 0 fully saturated rings. The fourth-order valence-corrected chi connectivity index (χ4v) is 1.19. The summed E-state index contributed by atoms with van der Waals surface area (Å²) < 4.78 is 0.322. The van der Waals surface area contributed by atoms with E-state index in [9.17, 15) is 4.79 Å². The van der Waals surface area contributed by atoms with Crippen molar-refractivity contribution in [2.75, 3.05) is 0 Å². The zero-order chi connectivity index (χ0) is 10.5. The van der Waals surface area contributed by atoms with Gasteiger partial charge >= 0.3 is 5.69 Å². The second-order valence-corrected chi connectivity index (χ2v) is 2.74. The Morgan fingerprint density at radius 3 is 1.64 bits per heavy atom. The summed E-state index contributed by atoms with van der Waals surface area (Å²) >= 11 is 0. The van der Waals surface area contributed by atoms with Crippen LogP contribution in [0.1, 0.15) is 0 Å². The van der Waals surface area contributed by atoms with Crippen molar-refractivity contribution in [2.45, 2.75) is 0 Å². The summed E-state index contributed by atoms with van der Waals surface area (Å²) in [7, 11) is 0. The number of fused-ring (bicyclic) bond motifs is 1. The van der Waals surface area contributed by atoms with Gasteiger partial charge in [-0.15, -0.1) is 9.46 Å². The summed E-state index contributed by atoms with van der Waals surface area (Å²) in [5.74, 6) is -0.989. The van der Waals surface area contributed by atoms with E-state index >= 15 is 0 Å². The maximum Gasteiger partial charge on any atom is 0.394 e. The zero-order valence-electron chi connectivity index (χ0n) is 6.75. The fourth-order valence-electron chi connectivity index (χ4n) is 1.19. The maximum absolute atomic E-state index is 11.0. The number of hydrogen-bond acceptors (Lipinski definition) is 5. The second kappa shape index (κ2) is 2.34. The van der Waals surface area contributed by atoms with Gasteiger partial charge in [-0.3, -0.25) is 0 Å². The third-order valence-electron chi connectivity index (χ3n) is 1.89. The van der Waals surface area contributed by atoms with Crippen LogP contribution < -0.4 is 5.69 Å². The van der Waals surface area contributed by atoms with Gasteiger partial charge < -0.3 is 20.6 Å². The average molecular weight is 198 g/mol. The molecule has 0 atom stereocenters. The van der Waals surface area contributed by atoms with Crippen LogP contribution in [0.4, 0.5) is 0 Å². The van der Waals surface area contributed by atoms with Crippen LogP contribution in [0.5, 0.6) is 11.5 Å². The Hall–Kier alpha value is -2.31. The van der Waals surface area contributed by atoms with E-state index in [1.807, 2.05) is 0 Å². The summed E-state index contributed by atoms with van der Waals surface area (Å²) in [5.41, 5.74) is -1.29. The van der Waals surface area contributed by atoms with E-state index in [1.165, 1.54) is 0 Å². The van der Waals surface area contributed by atoms with Gasteiger partial charge in [-0.1, -0.05) is 0 Å². The van der Waals surface area contributed by atoms with Crippen LogP contribution in [0.15, 0.2) is 16.9 Å². The Morgan fingerprint density at radius 2 is 1.29 bits per heavy atom. The first-order valence-corrected chi connectivity index (χ1v) is 3.60. The second-order valence-electron chi connectivity index (χ2n) is 2.74. The van der Waals surface area contributed by atoms with Crippen LogP contribution in [-0.2, 0) is 0 Å². The van der Waals surface area contributed by atoms with Gasteiger partial charge in [0.1, 0.15) is 11.0 Å². The topological polar surface area (TPSA) is 108 Å². The van der Waals surface area contributed by atoms with Crippen molar-refractivity contribution in [3.05, 3.63) is 22.6 Å². The standard InChI is InChI=1S/C7H6N2O5/c10-5-1-3-4(2-6(5)11)9(14)7(12)8(3)13/h1-2,10-11,13-14H. The highest BCUT2D eigenvalue weighted by Gasteiger charge is 2.14. The lowest BCUT2D eigenvalue weighted by Gasteiger charge is -1.97. The Labute approximate surface area is 76.2 Å². The van der Waals surface area contributed by atoms with Crippen molar-refractivity contribution >= 4 is 11.0 Å². The highest BCUT2D eigenvalue weighted by molar-refractivity contribution is 5.79. The van der Waals surface area contributed by atoms with Gasteiger partial charge in [0.25, 0.3) is 0 Å². The molecule has 0 aliphatic carbocycles. The van der Waals surface area contributed by atoms with Gasteiger partial charge in [-0.2, -0.15) is 0 Å². The number of nitrogens with zero attached hydrogens (tertiary/aromatic N) is 2. The molecule has 1 heterocycles. The minimum Gasteiger partial charge on any atom is -0.504 e. The first kappa shape index (κ1) is 8.30. The molecule has 0 spiro atoms. The highest BCUT2D eigenvalue weighted by Crippen LogP contribution is 2.28. The lowest BCUT2D eigenvalue weighted by molar-refractivity contribution is 0.137. The third-order valence-corrected chi connectivity index (χ3v) is 1.89. The summed E-state index contributed by atoms with van der Waals surface area (Å²) in [6, 6.07) is 1.91. The van der Waals surface area contributed by atoms with Crippen LogP contribution in [0.2, 0.25) is 0 Å². The molecule has 2 aromatic rings. The predicted molar refractivity (Wildman–Crippen MR) is 43.9 cm³/mol. The summed E-state index contributed by atoms with van der Waals surface area (Å²) in [6.45, 7) is 0. The molecular formula is C7H6N2O5. The number of imidazole rings is 1. The molecule has 2 rings (SSSR count). The minimum absolute atomic E-state index is 0.104. The van der Waals surface area contributed by atoms with Crippen molar-refractivity contribution < 1.29 is 20.6 Å². The molecule has 7 heteroatoms. The number of benzene rings is 1. The predicted octanol–water partition coefficient (Wildman–Crippen LogP) is -0.311. The van der Waals surface area contributed by atoms with Crippen molar-refractivity contribution in [2.24, 2.45) is 0 Å². The first-order chi connectivity index (χ1) is 6.52. The molecule has 14 heavy (non-hydrogen) atoms. The maximum atomic E-state index is 11.0. The lowest BCUT2D eigenvalue weighted by atomic mass is 10.3. The SMILES string of the molecule is O=c1n(O)c2cc(O)c(O)cc2n1O. The molecule has 0 aliphatic heterocycles. The van der Waals surface area contributed by atoms with Gasteiger partial charge in [0, 0.05) is 12.1 Å². The van der Waals surface area contributed by atoms with Crippen molar-refractivity contribution in [3.8, 4) is 11.5 Å². The van der Waals surface area contributed by atoms with E-state index in [0.29, 0.717) is 0 Å². The van der Waals surface area contributed by atoms with Crippen molar-refractivity contribution in [1.82, 2.24) is 9.46 Å². The van der Waals surface area contributed by atoms with E-state index < -0.39 is 17.2 Å². The molecule has 1 aromatic carbocycles. The van der Waals surface area contributed by atoms with Crippen molar-refractivity contribution in [1.29, 1.82) is 0 Å². The number of rotatable bonds is 0. The average Bonchev–Trinajstić information content (AvgIpc) is 2.34. The van der Waals surface area contributed by atoms with Crippen LogP contribution in [0.25, 0.3) is 11.0 Å². The smallest absolute Gasteiger partial charge is 0.394 e. The van der Waals surface area contributed by atoms with Crippen molar-refractivity contribution in [3.63, 3.8) is 0 Å². The fraction of sp³-hybridized carbons (Fsp3) is 0. The molecule has 0 saturated carbocycles. The summed E-state index contributed by atoms with van der Waals surface area (Å²) in [4.78, 5) is 11.0. The Kier molecular flexibility index (Phi) is 1.39. The summed E-state index contributed by atoms with van der Waals surface area (Å²) in [6.07, 6.45) is 0. The monoisotopic (exact) mass is 198 g/mol. The third kappa shape index (κ3) is 0.830. The van der Waals surface area contributed by atoms with E-state index in [-0.39, 0.29) is 20.5 Å². The molecular weight excluding hydrogens is 192 g/mol. The molecule has 0 aliphatic rings. The number of phenols is 2. The molecule has 0 bridgehead atoms. The Bertz CT molecular complexity index is 519. The molecule has 1 aromatic heterocycles. The van der Waals surface area contributed by atoms with Gasteiger partial charge in [0.2, 0.25) is 0 Å². The van der Waals surface area contributed by atoms with Crippen LogP contribution in [0, 0.1) is 0 Å². The quantitative estimate of drug-likeness (QED) is 0.343. The summed E-state index contributed by atoms with van der Waals surface area (Å²) in [5, 5.41) is 36.4. The van der Waals surface area contributed by atoms with Crippen LogP contribution >= 0.6 is 0 Å². The number of hydrogen-bond donors (Lipinski definition) is 4. The molecule has 0 radical (unpaired) electrons. The number of aromatic nitrogens is 2. The minimum atomic E-state index is -1.08. The van der Waals surface area contributed by atoms with Gasteiger partial charge in [-0.25, -0.2) is 4.79 Å². The normalized spacial score (nSPS) is 10.9. The largest absolute Gasteiger partial charge is 0.504 e. The Balaban J connectivity index is 3.04. The number of phenolic OH excluding ortho intramolecular Hbond substituents is 2. The molecule has 7 nitrogen and oxygen atoms in total. The zero-order valence-corrected chi connectivity index (χ0v) is 6.75. The molecule has 0 amide bonds. The van der Waals surface area contributed by atoms with Crippen LogP contribution in [-0.4, -0.2) is 30.1 Å². The van der Waals surface area contributed by atoms with Gasteiger partial charge in [0.15, 0.2) is 11.5 Å². The highest BCUT2D eigenvalue weighted by atomic mass is 16.5. The number of aromatic hydroxyl groups is 2. The van der Waals surface area contributed by atoms with Crippen LogP contribution in [0.3, 0.4) is 0 Å². The van der Waals surface area contributed by atoms with E-state index in [0.717, 1.165) is 12.1 Å². The molecule has 74 valence electrons. The van der Waals surface area contributed by atoms with E-state index in [4.69, 9.17) is 20.6 Å². The molecule has 4 N–H and O–H groups in total.